The van der Waals surface area contributed by atoms with Gasteiger partial charge in [-0.15, -0.1) is 0 Å². The summed E-state index contributed by atoms with van der Waals surface area (Å²) in [5, 5.41) is 7.86. The number of carbonyl (C=O) groups excluding carboxylic acids is 4. The monoisotopic (exact) mass is 481 g/mol. The van der Waals surface area contributed by atoms with Gasteiger partial charge >= 0.3 is 6.09 Å². The van der Waals surface area contributed by atoms with Gasteiger partial charge in [-0.05, 0) is 29.4 Å². The number of alkyl carbamates (subject to hydrolysis) is 1. The molecule has 2 aromatic rings. The predicted octanol–water partition coefficient (Wildman–Crippen LogP) is 3.35. The lowest BCUT2D eigenvalue weighted by Gasteiger charge is -2.25. The maximum atomic E-state index is 13.0. The molecule has 0 fully saturated rings. The molecule has 0 aliphatic heterocycles. The van der Waals surface area contributed by atoms with Crippen LogP contribution in [0.4, 0.5) is 4.79 Å². The summed E-state index contributed by atoms with van der Waals surface area (Å²) in [6.45, 7) is 7.59. The van der Waals surface area contributed by atoms with Gasteiger partial charge in [0.2, 0.25) is 11.7 Å². The average Bonchev–Trinajstić information content (AvgIpc) is 2.84. The molecule has 8 heteroatoms. The van der Waals surface area contributed by atoms with Crippen molar-refractivity contribution < 1.29 is 23.9 Å². The Bertz CT molecular complexity index is 977. The molecule has 3 amide bonds. The van der Waals surface area contributed by atoms with E-state index in [1.807, 2.05) is 74.5 Å². The molecule has 188 valence electrons. The van der Waals surface area contributed by atoms with E-state index in [2.05, 4.69) is 16.0 Å². The number of ether oxygens (including phenoxy) is 1. The van der Waals surface area contributed by atoms with Gasteiger partial charge in [0.05, 0.1) is 6.04 Å². The summed E-state index contributed by atoms with van der Waals surface area (Å²) in [7, 11) is 0. The largest absolute Gasteiger partial charge is 0.445 e. The SMILES string of the molecule is CC(C)C[C@H](NC(=O)OCc1ccccc1)C(=O)N[C@H](C(=O)C(=O)NCc1ccccc1)C(C)C. The molecule has 0 unspecified atom stereocenters. The molecule has 0 radical (unpaired) electrons. The minimum Gasteiger partial charge on any atom is -0.445 e. The number of benzene rings is 2. The van der Waals surface area contributed by atoms with Crippen molar-refractivity contribution in [2.24, 2.45) is 11.8 Å². The lowest BCUT2D eigenvalue weighted by atomic mass is 9.97. The lowest BCUT2D eigenvalue weighted by molar-refractivity contribution is -0.141. The van der Waals surface area contributed by atoms with Crippen molar-refractivity contribution in [1.82, 2.24) is 16.0 Å². The third-order valence-corrected chi connectivity index (χ3v) is 5.30. The molecule has 0 spiro atoms. The molecule has 3 N–H and O–H groups in total. The van der Waals surface area contributed by atoms with Crippen molar-refractivity contribution in [3.05, 3.63) is 71.8 Å². The van der Waals surface area contributed by atoms with Crippen LogP contribution in [0.1, 0.15) is 45.2 Å². The highest BCUT2D eigenvalue weighted by atomic mass is 16.5. The van der Waals surface area contributed by atoms with Crippen LogP contribution in [0.5, 0.6) is 0 Å². The summed E-state index contributed by atoms with van der Waals surface area (Å²) in [6.07, 6.45) is -0.395. The predicted molar refractivity (Wildman–Crippen MR) is 133 cm³/mol. The van der Waals surface area contributed by atoms with Gasteiger partial charge in [0, 0.05) is 6.54 Å². The summed E-state index contributed by atoms with van der Waals surface area (Å²) >= 11 is 0. The zero-order valence-electron chi connectivity index (χ0n) is 20.7. The fourth-order valence-corrected chi connectivity index (χ4v) is 3.41. The second kappa shape index (κ2) is 13.9. The van der Waals surface area contributed by atoms with E-state index in [9.17, 15) is 19.2 Å². The summed E-state index contributed by atoms with van der Waals surface area (Å²) in [6, 6.07) is 16.5. The van der Waals surface area contributed by atoms with E-state index in [0.717, 1.165) is 11.1 Å². The van der Waals surface area contributed by atoms with Crippen molar-refractivity contribution in [3.8, 4) is 0 Å². The minimum absolute atomic E-state index is 0.0668. The van der Waals surface area contributed by atoms with Gasteiger partial charge in [-0.25, -0.2) is 4.79 Å². The lowest BCUT2D eigenvalue weighted by Crippen LogP contribution is -2.55. The zero-order valence-corrected chi connectivity index (χ0v) is 20.7. The molecule has 0 saturated carbocycles. The number of carbonyl (C=O) groups is 4. The third-order valence-electron chi connectivity index (χ3n) is 5.30. The Morgan fingerprint density at radius 1 is 0.800 bits per heavy atom. The first-order valence-electron chi connectivity index (χ1n) is 11.8. The van der Waals surface area contributed by atoms with E-state index in [4.69, 9.17) is 4.74 Å². The van der Waals surface area contributed by atoms with Gasteiger partial charge in [-0.1, -0.05) is 88.4 Å². The molecular formula is C27H35N3O5. The fourth-order valence-electron chi connectivity index (χ4n) is 3.41. The number of nitrogens with one attached hydrogen (secondary N) is 3. The number of hydrogen-bond donors (Lipinski definition) is 3. The van der Waals surface area contributed by atoms with E-state index in [0.29, 0.717) is 6.42 Å². The Labute approximate surface area is 206 Å². The van der Waals surface area contributed by atoms with Gasteiger partial charge in [-0.3, -0.25) is 14.4 Å². The van der Waals surface area contributed by atoms with Crippen LogP contribution >= 0.6 is 0 Å². The first kappa shape index (κ1) is 27.6. The molecule has 2 rings (SSSR count). The molecule has 0 aromatic heterocycles. The maximum Gasteiger partial charge on any atom is 0.408 e. The van der Waals surface area contributed by atoms with Gasteiger partial charge in [0.25, 0.3) is 5.91 Å². The van der Waals surface area contributed by atoms with Crippen molar-refractivity contribution in [3.63, 3.8) is 0 Å². The average molecular weight is 482 g/mol. The third kappa shape index (κ3) is 9.60. The highest BCUT2D eigenvalue weighted by molar-refractivity contribution is 6.38. The molecule has 8 nitrogen and oxygen atoms in total. The quantitative estimate of drug-likeness (QED) is 0.402. The van der Waals surface area contributed by atoms with E-state index in [1.54, 1.807) is 13.8 Å². The Hall–Kier alpha value is -3.68. The smallest absolute Gasteiger partial charge is 0.408 e. The van der Waals surface area contributed by atoms with Gasteiger partial charge < -0.3 is 20.7 Å². The van der Waals surface area contributed by atoms with E-state index < -0.39 is 35.8 Å². The van der Waals surface area contributed by atoms with Crippen LogP contribution in [0.15, 0.2) is 60.7 Å². The Morgan fingerprint density at radius 3 is 1.91 bits per heavy atom. The zero-order chi connectivity index (χ0) is 25.8. The number of ketones is 1. The van der Waals surface area contributed by atoms with Gasteiger partial charge in [0.1, 0.15) is 12.6 Å². The van der Waals surface area contributed by atoms with E-state index >= 15 is 0 Å². The number of Topliss-reactive ketones (excluding diaryl/α,β-unsaturated/α-hetero) is 1. The summed E-state index contributed by atoms with van der Waals surface area (Å²) < 4.78 is 5.24. The van der Waals surface area contributed by atoms with E-state index in [1.165, 1.54) is 0 Å². The van der Waals surface area contributed by atoms with Crippen molar-refractivity contribution in [1.29, 1.82) is 0 Å². The topological polar surface area (TPSA) is 114 Å². The molecule has 0 heterocycles. The fraction of sp³-hybridized carbons (Fsp3) is 0.407. The number of rotatable bonds is 12. The first-order chi connectivity index (χ1) is 16.7. The minimum atomic E-state index is -1.03. The van der Waals surface area contributed by atoms with Crippen molar-refractivity contribution in [2.75, 3.05) is 0 Å². The Balaban J connectivity index is 1.99. The molecule has 2 atom stereocenters. The molecule has 35 heavy (non-hydrogen) atoms. The molecule has 0 aliphatic rings. The normalized spacial score (nSPS) is 12.5. The number of hydrogen-bond acceptors (Lipinski definition) is 5. The summed E-state index contributed by atoms with van der Waals surface area (Å²) in [4.78, 5) is 50.7. The molecule has 0 aliphatic carbocycles. The maximum absolute atomic E-state index is 13.0. The van der Waals surface area contributed by atoms with Crippen LogP contribution in [0.3, 0.4) is 0 Å². The standard InChI is InChI=1S/C27H35N3O5/c1-18(2)15-22(29-27(34)35-17-21-13-9-6-10-14-21)25(32)30-23(19(3)4)24(31)26(33)28-16-20-11-7-5-8-12-20/h5-14,18-19,22-23H,15-17H2,1-4H3,(H,28,33)(H,29,34)(H,30,32)/t22-,23-/m0/s1. The second-order valence-electron chi connectivity index (χ2n) is 9.15. The highest BCUT2D eigenvalue weighted by Crippen LogP contribution is 2.10. The molecular weight excluding hydrogens is 446 g/mol. The Kier molecular flexibility index (Phi) is 10.9. The van der Waals surface area contributed by atoms with Crippen molar-refractivity contribution in [2.45, 2.75) is 59.4 Å². The van der Waals surface area contributed by atoms with Crippen LogP contribution in [0.2, 0.25) is 0 Å². The number of amides is 3. The van der Waals surface area contributed by atoms with Crippen LogP contribution in [-0.4, -0.2) is 35.8 Å². The van der Waals surface area contributed by atoms with Gasteiger partial charge in [-0.2, -0.15) is 0 Å². The molecule has 0 bridgehead atoms. The summed E-state index contributed by atoms with van der Waals surface area (Å²) in [5.41, 5.74) is 1.67. The van der Waals surface area contributed by atoms with Crippen LogP contribution < -0.4 is 16.0 Å². The van der Waals surface area contributed by atoms with Crippen LogP contribution in [0, 0.1) is 11.8 Å². The van der Waals surface area contributed by atoms with Crippen molar-refractivity contribution >= 4 is 23.7 Å². The van der Waals surface area contributed by atoms with Crippen LogP contribution in [0.25, 0.3) is 0 Å². The van der Waals surface area contributed by atoms with E-state index in [-0.39, 0.29) is 25.0 Å². The highest BCUT2D eigenvalue weighted by Gasteiger charge is 2.32. The second-order valence-corrected chi connectivity index (χ2v) is 9.15. The van der Waals surface area contributed by atoms with Crippen LogP contribution in [-0.2, 0) is 32.3 Å². The first-order valence-corrected chi connectivity index (χ1v) is 11.8. The van der Waals surface area contributed by atoms with Gasteiger partial charge in [0.15, 0.2) is 0 Å². The molecule has 2 aromatic carbocycles. The summed E-state index contributed by atoms with van der Waals surface area (Å²) in [5.74, 6) is -2.30. The molecule has 0 saturated heterocycles. The Morgan fingerprint density at radius 2 is 1.37 bits per heavy atom.